The van der Waals surface area contributed by atoms with Gasteiger partial charge in [0.25, 0.3) is 5.92 Å². The van der Waals surface area contributed by atoms with Gasteiger partial charge in [-0.15, -0.1) is 0 Å². The zero-order valence-corrected chi connectivity index (χ0v) is 9.42. The predicted molar refractivity (Wildman–Crippen MR) is 60.0 cm³/mol. The van der Waals surface area contributed by atoms with E-state index in [1.807, 2.05) is 0 Å². The van der Waals surface area contributed by atoms with Crippen molar-refractivity contribution in [1.82, 2.24) is 4.98 Å². The molecule has 1 heterocycles. The third-order valence-corrected chi connectivity index (χ3v) is 1.90. The lowest BCUT2D eigenvalue weighted by Crippen LogP contribution is -2.08. The van der Waals surface area contributed by atoms with Crippen molar-refractivity contribution < 1.29 is 13.2 Å². The summed E-state index contributed by atoms with van der Waals surface area (Å²) in [6.45, 7) is 2.10. The first kappa shape index (κ1) is 13.2. The van der Waals surface area contributed by atoms with Crippen molar-refractivity contribution in [1.29, 1.82) is 0 Å². The molecular formula is C11H12F3N3. The maximum atomic E-state index is 13.0. The first-order chi connectivity index (χ1) is 7.80. The van der Waals surface area contributed by atoms with Crippen LogP contribution in [0.25, 0.3) is 0 Å². The van der Waals surface area contributed by atoms with Crippen LogP contribution in [0, 0.1) is 0 Å². The van der Waals surface area contributed by atoms with Gasteiger partial charge < -0.3 is 5.73 Å². The van der Waals surface area contributed by atoms with Crippen LogP contribution in [-0.4, -0.2) is 11.2 Å². The molecule has 1 rings (SSSR count). The van der Waals surface area contributed by atoms with Crippen molar-refractivity contribution in [2.75, 3.05) is 0 Å². The van der Waals surface area contributed by atoms with Crippen LogP contribution in [0.2, 0.25) is 0 Å². The molecule has 0 aliphatic rings. The van der Waals surface area contributed by atoms with E-state index in [-0.39, 0.29) is 11.4 Å². The van der Waals surface area contributed by atoms with Crippen LogP contribution in [0.5, 0.6) is 0 Å². The number of nitrogens with zero attached hydrogens (tertiary/aromatic N) is 2. The summed E-state index contributed by atoms with van der Waals surface area (Å²) in [5.41, 5.74) is 4.93. The number of nitrogens with two attached hydrogens (primary N) is 1. The first-order valence-electron chi connectivity index (χ1n) is 4.81. The second kappa shape index (κ2) is 4.99. The molecule has 0 aliphatic heterocycles. The van der Waals surface area contributed by atoms with Gasteiger partial charge in [0.15, 0.2) is 5.83 Å². The summed E-state index contributed by atoms with van der Waals surface area (Å²) >= 11 is 0. The first-order valence-corrected chi connectivity index (χ1v) is 4.81. The van der Waals surface area contributed by atoms with Gasteiger partial charge in [0.1, 0.15) is 5.69 Å². The Hall–Kier alpha value is -1.85. The predicted octanol–water partition coefficient (Wildman–Crippen LogP) is 3.06. The van der Waals surface area contributed by atoms with Crippen LogP contribution < -0.4 is 5.73 Å². The Labute approximate surface area is 96.9 Å². The Balaban J connectivity index is 2.99. The van der Waals surface area contributed by atoms with E-state index in [4.69, 9.17) is 5.73 Å². The molecule has 0 amide bonds. The van der Waals surface area contributed by atoms with Crippen molar-refractivity contribution in [3.8, 4) is 0 Å². The highest BCUT2D eigenvalue weighted by atomic mass is 19.3. The third kappa shape index (κ3) is 3.90. The smallest absolute Gasteiger partial charge is 0.287 e. The molecule has 0 radical (unpaired) electrons. The molecule has 92 valence electrons. The summed E-state index contributed by atoms with van der Waals surface area (Å²) < 4.78 is 38.9. The van der Waals surface area contributed by atoms with Gasteiger partial charge in [0, 0.05) is 18.8 Å². The monoisotopic (exact) mass is 243 g/mol. The van der Waals surface area contributed by atoms with Crippen LogP contribution in [0.3, 0.4) is 0 Å². The van der Waals surface area contributed by atoms with Gasteiger partial charge in [-0.25, -0.2) is 4.39 Å². The van der Waals surface area contributed by atoms with E-state index in [1.165, 1.54) is 19.2 Å². The molecule has 17 heavy (non-hydrogen) atoms. The van der Waals surface area contributed by atoms with Crippen LogP contribution in [0.15, 0.2) is 34.8 Å². The molecule has 3 nitrogen and oxygen atoms in total. The minimum atomic E-state index is -3.05. The third-order valence-electron chi connectivity index (χ3n) is 1.90. The summed E-state index contributed by atoms with van der Waals surface area (Å²) in [7, 11) is 0. The molecule has 6 heteroatoms. The quantitative estimate of drug-likeness (QED) is 0.829. The molecule has 0 unspecified atom stereocenters. The number of aliphatic imine (C=N–C) groups is 1. The Morgan fingerprint density at radius 1 is 1.53 bits per heavy atom. The van der Waals surface area contributed by atoms with Gasteiger partial charge in [0.05, 0.1) is 11.9 Å². The fraction of sp³-hybridized carbons (Fsp3) is 0.273. The molecule has 1 aromatic rings. The summed E-state index contributed by atoms with van der Waals surface area (Å²) in [5, 5.41) is 0. The molecule has 0 bridgehead atoms. The molecule has 0 spiro atoms. The highest BCUT2D eigenvalue weighted by Crippen LogP contribution is 2.27. The topological polar surface area (TPSA) is 51.3 Å². The zero-order chi connectivity index (χ0) is 13.1. The summed E-state index contributed by atoms with van der Waals surface area (Å²) in [6.07, 6.45) is 2.07. The maximum absolute atomic E-state index is 13.0. The number of alkyl halides is 2. The Morgan fingerprint density at radius 2 is 2.18 bits per heavy atom. The van der Waals surface area contributed by atoms with Crippen molar-refractivity contribution in [2.45, 2.75) is 19.8 Å². The zero-order valence-electron chi connectivity index (χ0n) is 9.42. The number of hydrogen-bond donors (Lipinski definition) is 1. The van der Waals surface area contributed by atoms with Crippen molar-refractivity contribution in [3.05, 3.63) is 35.5 Å². The van der Waals surface area contributed by atoms with E-state index >= 15 is 0 Å². The van der Waals surface area contributed by atoms with Gasteiger partial charge in [-0.3, -0.25) is 9.98 Å². The SMILES string of the molecule is CC(N)=C(F)C=Nc1ccnc(C(C)(F)F)c1. The van der Waals surface area contributed by atoms with Gasteiger partial charge in [-0.05, 0) is 19.1 Å². The number of halogens is 3. The molecule has 0 aliphatic carbocycles. The van der Waals surface area contributed by atoms with Crippen LogP contribution in [0.1, 0.15) is 19.5 Å². The largest absolute Gasteiger partial charge is 0.400 e. The van der Waals surface area contributed by atoms with Crippen molar-refractivity contribution >= 4 is 11.9 Å². The fourth-order valence-corrected chi connectivity index (χ4v) is 0.973. The van der Waals surface area contributed by atoms with Gasteiger partial charge in [0.2, 0.25) is 0 Å². The average molecular weight is 243 g/mol. The molecule has 0 aromatic carbocycles. The molecular weight excluding hydrogens is 231 g/mol. The second-order valence-electron chi connectivity index (χ2n) is 3.58. The number of aromatic nitrogens is 1. The molecule has 0 fully saturated rings. The minimum absolute atomic E-state index is 0.0242. The summed E-state index contributed by atoms with van der Waals surface area (Å²) in [6, 6.07) is 2.49. The summed E-state index contributed by atoms with van der Waals surface area (Å²) in [5.74, 6) is -3.75. The molecule has 0 atom stereocenters. The average Bonchev–Trinajstić information content (AvgIpc) is 2.25. The van der Waals surface area contributed by atoms with E-state index in [1.54, 1.807) is 0 Å². The number of allylic oxidation sites excluding steroid dienone is 2. The molecule has 0 saturated heterocycles. The normalized spacial score (nSPS) is 13.9. The lowest BCUT2D eigenvalue weighted by molar-refractivity contribution is 0.0128. The Bertz CT molecular complexity index is 457. The standard InChI is InChI=1S/C11H12F3N3/c1-7(15)9(12)6-17-8-3-4-16-10(5-8)11(2,13)14/h3-6H,15H2,1-2H3. The van der Waals surface area contributed by atoms with Crippen LogP contribution in [-0.2, 0) is 5.92 Å². The van der Waals surface area contributed by atoms with E-state index in [2.05, 4.69) is 9.98 Å². The fourth-order valence-electron chi connectivity index (χ4n) is 0.973. The highest BCUT2D eigenvalue weighted by Gasteiger charge is 2.25. The highest BCUT2D eigenvalue weighted by molar-refractivity contribution is 5.79. The van der Waals surface area contributed by atoms with E-state index in [9.17, 15) is 13.2 Å². The molecule has 2 N–H and O–H groups in total. The molecule has 1 aromatic heterocycles. The minimum Gasteiger partial charge on any atom is -0.400 e. The van der Waals surface area contributed by atoms with E-state index in [0.717, 1.165) is 19.2 Å². The summed E-state index contributed by atoms with van der Waals surface area (Å²) in [4.78, 5) is 7.21. The van der Waals surface area contributed by atoms with Crippen LogP contribution in [0.4, 0.5) is 18.9 Å². The second-order valence-corrected chi connectivity index (χ2v) is 3.58. The van der Waals surface area contributed by atoms with E-state index < -0.39 is 17.4 Å². The number of rotatable bonds is 3. The lowest BCUT2D eigenvalue weighted by Gasteiger charge is -2.08. The Kier molecular flexibility index (Phi) is 3.88. The van der Waals surface area contributed by atoms with Gasteiger partial charge in [-0.2, -0.15) is 8.78 Å². The van der Waals surface area contributed by atoms with Gasteiger partial charge >= 0.3 is 0 Å². The number of hydrogen-bond acceptors (Lipinski definition) is 3. The lowest BCUT2D eigenvalue weighted by atomic mass is 10.2. The number of pyridine rings is 1. The van der Waals surface area contributed by atoms with Crippen LogP contribution >= 0.6 is 0 Å². The Morgan fingerprint density at radius 3 is 2.71 bits per heavy atom. The van der Waals surface area contributed by atoms with Gasteiger partial charge in [-0.1, -0.05) is 0 Å². The van der Waals surface area contributed by atoms with Crippen molar-refractivity contribution in [2.24, 2.45) is 10.7 Å². The van der Waals surface area contributed by atoms with Crippen molar-refractivity contribution in [3.63, 3.8) is 0 Å². The maximum Gasteiger partial charge on any atom is 0.287 e. The molecule has 0 saturated carbocycles. The van der Waals surface area contributed by atoms with E-state index in [0.29, 0.717) is 0 Å².